The smallest absolute Gasteiger partial charge is 0.132 e. The van der Waals surface area contributed by atoms with E-state index in [9.17, 15) is 0 Å². The molecule has 0 aromatic carbocycles. The van der Waals surface area contributed by atoms with Crippen LogP contribution in [0.2, 0.25) is 5.15 Å². The maximum atomic E-state index is 5.92. The van der Waals surface area contributed by atoms with Crippen molar-refractivity contribution in [2.24, 2.45) is 0 Å². The first-order chi connectivity index (χ1) is 5.82. The van der Waals surface area contributed by atoms with Gasteiger partial charge >= 0.3 is 0 Å². The van der Waals surface area contributed by atoms with Crippen molar-refractivity contribution in [3.05, 3.63) is 28.0 Å². The third-order valence-corrected chi connectivity index (χ3v) is 2.53. The number of aryl methyl sites for hydroxylation is 2. The number of aromatic nitrogens is 1. The van der Waals surface area contributed by atoms with Gasteiger partial charge in [-0.25, -0.2) is 4.98 Å². The van der Waals surface area contributed by atoms with E-state index < -0.39 is 0 Å². The van der Waals surface area contributed by atoms with E-state index in [2.05, 4.69) is 31.8 Å². The van der Waals surface area contributed by atoms with Gasteiger partial charge in [-0.15, -0.1) is 0 Å². The Morgan fingerprint density at radius 3 is 2.23 bits per heavy atom. The molecule has 1 heterocycles. The summed E-state index contributed by atoms with van der Waals surface area (Å²) in [6, 6.07) is 2.13. The minimum atomic E-state index is 0.145. The summed E-state index contributed by atoms with van der Waals surface area (Å²) in [5.74, 6) is 0. The van der Waals surface area contributed by atoms with E-state index in [0.717, 1.165) is 11.3 Å². The fourth-order valence-electron chi connectivity index (χ4n) is 1.44. The summed E-state index contributed by atoms with van der Waals surface area (Å²) in [6.45, 7) is 10.6. The van der Waals surface area contributed by atoms with Crippen LogP contribution in [0.1, 0.15) is 37.6 Å². The lowest BCUT2D eigenvalue weighted by Gasteiger charge is -2.21. The summed E-state index contributed by atoms with van der Waals surface area (Å²) in [5, 5.41) is 0.616. The number of pyridine rings is 1. The molecule has 1 aromatic heterocycles. The van der Waals surface area contributed by atoms with Crippen LogP contribution in [0.15, 0.2) is 6.07 Å². The van der Waals surface area contributed by atoms with Crippen LogP contribution in [0.5, 0.6) is 0 Å². The molecule has 0 aliphatic heterocycles. The van der Waals surface area contributed by atoms with Crippen LogP contribution in [0.4, 0.5) is 0 Å². The molecule has 0 atom stereocenters. The van der Waals surface area contributed by atoms with Gasteiger partial charge in [0.25, 0.3) is 0 Å². The van der Waals surface area contributed by atoms with Crippen molar-refractivity contribution in [2.45, 2.75) is 40.0 Å². The highest BCUT2D eigenvalue weighted by Crippen LogP contribution is 2.27. The average Bonchev–Trinajstić information content (AvgIpc) is 1.94. The molecule has 0 N–H and O–H groups in total. The summed E-state index contributed by atoms with van der Waals surface area (Å²) in [5.41, 5.74) is 3.50. The van der Waals surface area contributed by atoms with Crippen LogP contribution in [-0.2, 0) is 5.41 Å². The van der Waals surface area contributed by atoms with Gasteiger partial charge in [0.1, 0.15) is 5.15 Å². The quantitative estimate of drug-likeness (QED) is 0.579. The minimum absolute atomic E-state index is 0.145. The second-order valence-corrected chi connectivity index (χ2v) is 4.84. The zero-order chi connectivity index (χ0) is 10.2. The molecule has 1 aromatic rings. The Morgan fingerprint density at radius 1 is 1.23 bits per heavy atom. The highest BCUT2D eigenvalue weighted by molar-refractivity contribution is 6.30. The minimum Gasteiger partial charge on any atom is -0.241 e. The summed E-state index contributed by atoms with van der Waals surface area (Å²) in [7, 11) is 0. The van der Waals surface area contributed by atoms with Crippen molar-refractivity contribution >= 4 is 11.6 Å². The number of hydrogen-bond donors (Lipinski definition) is 0. The highest BCUT2D eigenvalue weighted by Gasteiger charge is 2.17. The SMILES string of the molecule is Cc1cc(C(C)(C)C)c(C)nc1Cl. The molecule has 2 heteroatoms. The van der Waals surface area contributed by atoms with Crippen LogP contribution in [-0.4, -0.2) is 4.98 Å². The van der Waals surface area contributed by atoms with E-state index in [1.54, 1.807) is 0 Å². The number of nitrogens with zero attached hydrogens (tertiary/aromatic N) is 1. The Bertz CT molecular complexity index is 324. The van der Waals surface area contributed by atoms with Crippen molar-refractivity contribution in [3.8, 4) is 0 Å². The average molecular weight is 198 g/mol. The van der Waals surface area contributed by atoms with Gasteiger partial charge in [0.2, 0.25) is 0 Å². The van der Waals surface area contributed by atoms with Crippen LogP contribution in [0.3, 0.4) is 0 Å². The molecule has 72 valence electrons. The van der Waals surface area contributed by atoms with Crippen molar-refractivity contribution in [3.63, 3.8) is 0 Å². The van der Waals surface area contributed by atoms with Crippen LogP contribution in [0, 0.1) is 13.8 Å². The maximum absolute atomic E-state index is 5.92. The predicted octanol–water partition coefficient (Wildman–Crippen LogP) is 3.65. The van der Waals surface area contributed by atoms with Crippen molar-refractivity contribution in [1.29, 1.82) is 0 Å². The van der Waals surface area contributed by atoms with E-state index in [4.69, 9.17) is 11.6 Å². The van der Waals surface area contributed by atoms with Crippen LogP contribution >= 0.6 is 11.6 Å². The Labute approximate surface area is 85.1 Å². The molecule has 0 radical (unpaired) electrons. The van der Waals surface area contributed by atoms with E-state index in [-0.39, 0.29) is 5.41 Å². The summed E-state index contributed by atoms with van der Waals surface area (Å²) in [6.07, 6.45) is 0. The Kier molecular flexibility index (Phi) is 2.67. The van der Waals surface area contributed by atoms with Crippen LogP contribution < -0.4 is 0 Å². The molecule has 0 bridgehead atoms. The molecule has 0 unspecified atom stereocenters. The topological polar surface area (TPSA) is 12.9 Å². The second-order valence-electron chi connectivity index (χ2n) is 4.48. The number of hydrogen-bond acceptors (Lipinski definition) is 1. The fraction of sp³-hybridized carbons (Fsp3) is 0.545. The molecule has 0 saturated carbocycles. The van der Waals surface area contributed by atoms with Crippen LogP contribution in [0.25, 0.3) is 0 Å². The van der Waals surface area contributed by atoms with Gasteiger partial charge in [0, 0.05) is 5.69 Å². The van der Waals surface area contributed by atoms with Gasteiger partial charge in [-0.3, -0.25) is 0 Å². The standard InChI is InChI=1S/C11H16ClN/c1-7-6-9(11(3,4)5)8(2)13-10(7)12/h6H,1-5H3. The zero-order valence-electron chi connectivity index (χ0n) is 8.90. The first-order valence-electron chi connectivity index (χ1n) is 4.46. The first kappa shape index (κ1) is 10.5. The Morgan fingerprint density at radius 2 is 1.77 bits per heavy atom. The third-order valence-electron chi connectivity index (χ3n) is 2.15. The first-order valence-corrected chi connectivity index (χ1v) is 4.84. The molecular weight excluding hydrogens is 182 g/mol. The lowest BCUT2D eigenvalue weighted by Crippen LogP contribution is -2.14. The predicted molar refractivity (Wildman–Crippen MR) is 57.4 cm³/mol. The molecule has 13 heavy (non-hydrogen) atoms. The monoisotopic (exact) mass is 197 g/mol. The molecule has 0 spiro atoms. The molecule has 0 fully saturated rings. The molecule has 1 nitrogen and oxygen atoms in total. The largest absolute Gasteiger partial charge is 0.241 e. The van der Waals surface area contributed by atoms with E-state index in [1.807, 2.05) is 13.8 Å². The molecule has 0 aliphatic rings. The Balaban J connectivity index is 3.32. The van der Waals surface area contributed by atoms with Crippen molar-refractivity contribution in [2.75, 3.05) is 0 Å². The molecule has 0 saturated heterocycles. The van der Waals surface area contributed by atoms with Crippen molar-refractivity contribution in [1.82, 2.24) is 4.98 Å². The normalized spacial score (nSPS) is 11.8. The van der Waals surface area contributed by atoms with Gasteiger partial charge in [0.15, 0.2) is 0 Å². The molecule has 0 amide bonds. The van der Waals surface area contributed by atoms with E-state index in [0.29, 0.717) is 5.15 Å². The van der Waals surface area contributed by atoms with Gasteiger partial charge in [-0.1, -0.05) is 38.4 Å². The lowest BCUT2D eigenvalue weighted by atomic mass is 9.85. The Hall–Kier alpha value is -0.560. The summed E-state index contributed by atoms with van der Waals surface area (Å²) < 4.78 is 0. The molecule has 1 rings (SSSR count). The number of halogens is 1. The van der Waals surface area contributed by atoms with Gasteiger partial charge in [-0.05, 0) is 30.4 Å². The van der Waals surface area contributed by atoms with Gasteiger partial charge in [-0.2, -0.15) is 0 Å². The maximum Gasteiger partial charge on any atom is 0.132 e. The fourth-order valence-corrected chi connectivity index (χ4v) is 1.62. The number of rotatable bonds is 0. The van der Waals surface area contributed by atoms with Gasteiger partial charge in [0.05, 0.1) is 0 Å². The second kappa shape index (κ2) is 3.30. The van der Waals surface area contributed by atoms with Gasteiger partial charge < -0.3 is 0 Å². The van der Waals surface area contributed by atoms with E-state index in [1.165, 1.54) is 5.56 Å². The summed E-state index contributed by atoms with van der Waals surface area (Å²) in [4.78, 5) is 4.30. The van der Waals surface area contributed by atoms with E-state index >= 15 is 0 Å². The molecule has 0 aliphatic carbocycles. The summed E-state index contributed by atoms with van der Waals surface area (Å²) >= 11 is 5.92. The third kappa shape index (κ3) is 2.22. The highest BCUT2D eigenvalue weighted by atomic mass is 35.5. The zero-order valence-corrected chi connectivity index (χ0v) is 9.66. The van der Waals surface area contributed by atoms with Crippen molar-refractivity contribution < 1.29 is 0 Å². The molecular formula is C11H16ClN. The lowest BCUT2D eigenvalue weighted by molar-refractivity contribution is 0.581.